The molecule has 0 atom stereocenters. The molecule has 0 radical (unpaired) electrons. The molecule has 0 aromatic heterocycles. The number of rotatable bonds is 5. The van der Waals surface area contributed by atoms with Gasteiger partial charge in [-0.1, -0.05) is 0 Å². The van der Waals surface area contributed by atoms with Crippen molar-refractivity contribution < 1.29 is 13.2 Å². The Hall–Kier alpha value is -1.70. The van der Waals surface area contributed by atoms with Gasteiger partial charge in [0.2, 0.25) is 0 Å². The van der Waals surface area contributed by atoms with E-state index < -0.39 is 17.5 Å². The molecule has 0 heterocycles. The van der Waals surface area contributed by atoms with Crippen molar-refractivity contribution in [2.24, 2.45) is 0 Å². The Kier molecular flexibility index (Phi) is 4.65. The first-order chi connectivity index (χ1) is 7.65. The zero-order valence-corrected chi connectivity index (χ0v) is 8.56. The van der Waals surface area contributed by atoms with Crippen LogP contribution in [0.2, 0.25) is 0 Å². The molecule has 0 fully saturated rings. The highest BCUT2D eigenvalue weighted by atomic mass is 19.2. The Labute approximate surface area is 91.7 Å². The minimum atomic E-state index is -1.46. The number of hydrogen-bond acceptors (Lipinski definition) is 2. The summed E-state index contributed by atoms with van der Waals surface area (Å²) in [6, 6.07) is 3.81. The van der Waals surface area contributed by atoms with Crippen LogP contribution in [0, 0.1) is 28.8 Å². The average Bonchev–Trinajstić information content (AvgIpc) is 2.25. The van der Waals surface area contributed by atoms with Gasteiger partial charge in [0.15, 0.2) is 17.5 Å². The number of anilines is 1. The molecule has 1 aromatic carbocycles. The van der Waals surface area contributed by atoms with Crippen LogP contribution < -0.4 is 5.32 Å². The van der Waals surface area contributed by atoms with Crippen LogP contribution in [-0.2, 0) is 0 Å². The molecule has 1 rings (SSSR count). The summed E-state index contributed by atoms with van der Waals surface area (Å²) in [7, 11) is 0. The van der Waals surface area contributed by atoms with E-state index in [9.17, 15) is 13.2 Å². The van der Waals surface area contributed by atoms with Gasteiger partial charge in [-0.3, -0.25) is 0 Å². The van der Waals surface area contributed by atoms with Gasteiger partial charge in [-0.05, 0) is 12.8 Å². The highest BCUT2D eigenvalue weighted by Crippen LogP contribution is 2.17. The molecule has 0 unspecified atom stereocenters. The lowest BCUT2D eigenvalue weighted by atomic mass is 10.2. The van der Waals surface area contributed by atoms with Gasteiger partial charge in [-0.2, -0.15) is 5.26 Å². The predicted molar refractivity (Wildman–Crippen MR) is 54.3 cm³/mol. The topological polar surface area (TPSA) is 35.8 Å². The van der Waals surface area contributed by atoms with E-state index in [0.717, 1.165) is 18.6 Å². The number of hydrogen-bond donors (Lipinski definition) is 1. The first-order valence-corrected chi connectivity index (χ1v) is 4.90. The van der Waals surface area contributed by atoms with E-state index in [1.54, 1.807) is 0 Å². The molecule has 16 heavy (non-hydrogen) atoms. The van der Waals surface area contributed by atoms with Crippen molar-refractivity contribution >= 4 is 5.69 Å². The van der Waals surface area contributed by atoms with Crippen molar-refractivity contribution in [3.8, 4) is 6.07 Å². The summed E-state index contributed by atoms with van der Waals surface area (Å²) in [6.45, 7) is 0.492. The van der Waals surface area contributed by atoms with E-state index in [1.165, 1.54) is 0 Å². The van der Waals surface area contributed by atoms with Crippen LogP contribution in [-0.4, -0.2) is 6.54 Å². The largest absolute Gasteiger partial charge is 0.385 e. The second-order valence-electron chi connectivity index (χ2n) is 3.30. The smallest absolute Gasteiger partial charge is 0.194 e. The molecule has 1 N–H and O–H groups in total. The Morgan fingerprint density at radius 2 is 1.75 bits per heavy atom. The SMILES string of the molecule is N#CCCCCNc1cc(F)c(F)c(F)c1. The van der Waals surface area contributed by atoms with Crippen molar-refractivity contribution in [3.63, 3.8) is 0 Å². The molecule has 86 valence electrons. The van der Waals surface area contributed by atoms with Crippen LogP contribution in [0.5, 0.6) is 0 Å². The van der Waals surface area contributed by atoms with Crippen LogP contribution in [0.3, 0.4) is 0 Å². The van der Waals surface area contributed by atoms with E-state index in [-0.39, 0.29) is 5.69 Å². The third-order valence-corrected chi connectivity index (χ3v) is 2.03. The maximum atomic E-state index is 12.8. The van der Waals surface area contributed by atoms with Crippen molar-refractivity contribution in [1.82, 2.24) is 0 Å². The molecule has 0 aliphatic rings. The standard InChI is InChI=1S/C11H11F3N2/c12-9-6-8(7-10(13)11(9)14)16-5-3-1-2-4-15/h6-7,16H,1-3,5H2. The molecule has 0 amide bonds. The fraction of sp³-hybridized carbons (Fsp3) is 0.364. The molecule has 0 saturated heterocycles. The number of unbranched alkanes of at least 4 members (excludes halogenated alkanes) is 2. The van der Waals surface area contributed by atoms with E-state index in [4.69, 9.17) is 5.26 Å². The van der Waals surface area contributed by atoms with Gasteiger partial charge in [-0.25, -0.2) is 13.2 Å². The normalized spacial score (nSPS) is 9.88. The van der Waals surface area contributed by atoms with Gasteiger partial charge >= 0.3 is 0 Å². The molecule has 0 spiro atoms. The monoisotopic (exact) mass is 228 g/mol. The molecule has 0 aliphatic carbocycles. The molecular weight excluding hydrogens is 217 g/mol. The second kappa shape index (κ2) is 6.01. The number of nitrogens with zero attached hydrogens (tertiary/aromatic N) is 1. The van der Waals surface area contributed by atoms with Crippen molar-refractivity contribution in [2.75, 3.05) is 11.9 Å². The zero-order valence-electron chi connectivity index (χ0n) is 8.56. The maximum absolute atomic E-state index is 12.8. The lowest BCUT2D eigenvalue weighted by Gasteiger charge is -2.06. The summed E-state index contributed by atoms with van der Waals surface area (Å²) in [4.78, 5) is 0. The van der Waals surface area contributed by atoms with Crippen molar-refractivity contribution in [2.45, 2.75) is 19.3 Å². The summed E-state index contributed by atoms with van der Waals surface area (Å²) >= 11 is 0. The lowest BCUT2D eigenvalue weighted by Crippen LogP contribution is -2.03. The average molecular weight is 228 g/mol. The highest BCUT2D eigenvalue weighted by molar-refractivity contribution is 5.43. The molecular formula is C11H11F3N2. The molecule has 0 aliphatic heterocycles. The Morgan fingerprint density at radius 1 is 1.12 bits per heavy atom. The van der Waals surface area contributed by atoms with Gasteiger partial charge in [0, 0.05) is 30.8 Å². The van der Waals surface area contributed by atoms with Gasteiger partial charge < -0.3 is 5.32 Å². The van der Waals surface area contributed by atoms with Gasteiger partial charge in [0.25, 0.3) is 0 Å². The predicted octanol–water partition coefficient (Wildman–Crippen LogP) is 3.21. The maximum Gasteiger partial charge on any atom is 0.194 e. The highest BCUT2D eigenvalue weighted by Gasteiger charge is 2.09. The number of halogens is 3. The van der Waals surface area contributed by atoms with E-state index >= 15 is 0 Å². The third-order valence-electron chi connectivity index (χ3n) is 2.03. The summed E-state index contributed by atoms with van der Waals surface area (Å²) in [5, 5.41) is 11.0. The van der Waals surface area contributed by atoms with Gasteiger partial charge in [0.1, 0.15) is 0 Å². The minimum Gasteiger partial charge on any atom is -0.385 e. The summed E-state index contributed by atoms with van der Waals surface area (Å²) in [5.41, 5.74) is 0.202. The quantitative estimate of drug-likeness (QED) is 0.620. The minimum absolute atomic E-state index is 0.202. The van der Waals surface area contributed by atoms with Gasteiger partial charge in [0.05, 0.1) is 6.07 Å². The number of nitrogens with one attached hydrogen (secondary N) is 1. The molecule has 2 nitrogen and oxygen atoms in total. The molecule has 0 saturated carbocycles. The Bertz CT molecular complexity index is 376. The third kappa shape index (κ3) is 3.46. The molecule has 1 aromatic rings. The van der Waals surface area contributed by atoms with Crippen LogP contribution in [0.25, 0.3) is 0 Å². The summed E-state index contributed by atoms with van der Waals surface area (Å²) in [6.07, 6.45) is 1.89. The Balaban J connectivity index is 2.46. The number of nitriles is 1. The van der Waals surface area contributed by atoms with E-state index in [2.05, 4.69) is 5.32 Å². The first kappa shape index (κ1) is 12.4. The summed E-state index contributed by atoms with van der Waals surface area (Å²) in [5.74, 6) is -3.88. The zero-order chi connectivity index (χ0) is 12.0. The Morgan fingerprint density at radius 3 is 2.31 bits per heavy atom. The first-order valence-electron chi connectivity index (χ1n) is 4.90. The lowest BCUT2D eigenvalue weighted by molar-refractivity contribution is 0.447. The molecule has 0 bridgehead atoms. The molecule has 5 heteroatoms. The fourth-order valence-electron chi connectivity index (χ4n) is 1.22. The van der Waals surface area contributed by atoms with E-state index in [1.807, 2.05) is 6.07 Å². The van der Waals surface area contributed by atoms with Crippen LogP contribution in [0.1, 0.15) is 19.3 Å². The van der Waals surface area contributed by atoms with Crippen LogP contribution >= 0.6 is 0 Å². The van der Waals surface area contributed by atoms with E-state index in [0.29, 0.717) is 19.4 Å². The van der Waals surface area contributed by atoms with Gasteiger partial charge in [-0.15, -0.1) is 0 Å². The van der Waals surface area contributed by atoms with Crippen molar-refractivity contribution in [1.29, 1.82) is 5.26 Å². The second-order valence-corrected chi connectivity index (χ2v) is 3.30. The van der Waals surface area contributed by atoms with Crippen molar-refractivity contribution in [3.05, 3.63) is 29.6 Å². The van der Waals surface area contributed by atoms with Crippen LogP contribution in [0.4, 0.5) is 18.9 Å². The van der Waals surface area contributed by atoms with Crippen LogP contribution in [0.15, 0.2) is 12.1 Å². The summed E-state index contributed by atoms with van der Waals surface area (Å²) < 4.78 is 38.1. The fourth-order valence-corrected chi connectivity index (χ4v) is 1.22. The number of benzene rings is 1.